The van der Waals surface area contributed by atoms with Crippen LogP contribution in [0, 0.1) is 6.92 Å². The lowest BCUT2D eigenvalue weighted by molar-refractivity contribution is 0.102. The van der Waals surface area contributed by atoms with E-state index >= 15 is 0 Å². The average molecular weight is 267 g/mol. The molecule has 0 bridgehead atoms. The van der Waals surface area contributed by atoms with Crippen molar-refractivity contribution in [2.24, 2.45) is 0 Å². The summed E-state index contributed by atoms with van der Waals surface area (Å²) in [5, 5.41) is 2.94. The van der Waals surface area contributed by atoms with E-state index in [1.165, 1.54) is 5.56 Å². The van der Waals surface area contributed by atoms with Crippen molar-refractivity contribution in [3.63, 3.8) is 0 Å². The fraction of sp³-hybridized carbons (Fsp3) is 0.278. The highest BCUT2D eigenvalue weighted by molar-refractivity contribution is 6.05. The van der Waals surface area contributed by atoms with Crippen LogP contribution < -0.4 is 5.32 Å². The fourth-order valence-electron chi connectivity index (χ4n) is 2.16. The van der Waals surface area contributed by atoms with E-state index in [2.05, 4.69) is 31.3 Å². The van der Waals surface area contributed by atoms with Crippen molar-refractivity contribution in [2.75, 3.05) is 5.32 Å². The van der Waals surface area contributed by atoms with E-state index in [4.69, 9.17) is 0 Å². The van der Waals surface area contributed by atoms with Crippen molar-refractivity contribution in [2.45, 2.75) is 33.1 Å². The van der Waals surface area contributed by atoms with Gasteiger partial charge in [0.15, 0.2) is 0 Å². The Hall–Kier alpha value is -2.09. The first-order valence-electron chi connectivity index (χ1n) is 7.08. The lowest BCUT2D eigenvalue weighted by Crippen LogP contribution is -2.13. The van der Waals surface area contributed by atoms with Crippen LogP contribution in [0.25, 0.3) is 0 Å². The van der Waals surface area contributed by atoms with Crippen LogP contribution in [0.5, 0.6) is 0 Å². The SMILES string of the molecule is CC[C@H](C)c1ccc(NC(=O)c2ccccc2C)cc1. The van der Waals surface area contributed by atoms with Gasteiger partial charge < -0.3 is 5.32 Å². The normalized spacial score (nSPS) is 11.9. The first kappa shape index (κ1) is 14.3. The predicted molar refractivity (Wildman–Crippen MR) is 84.3 cm³/mol. The zero-order chi connectivity index (χ0) is 14.5. The minimum atomic E-state index is -0.0561. The third kappa shape index (κ3) is 3.27. The molecule has 0 aliphatic rings. The molecule has 0 unspecified atom stereocenters. The summed E-state index contributed by atoms with van der Waals surface area (Å²) in [7, 11) is 0. The maximum atomic E-state index is 12.2. The third-order valence-corrected chi connectivity index (χ3v) is 3.74. The number of nitrogens with one attached hydrogen (secondary N) is 1. The monoisotopic (exact) mass is 267 g/mol. The highest BCUT2D eigenvalue weighted by atomic mass is 16.1. The molecule has 0 aromatic heterocycles. The Morgan fingerprint density at radius 1 is 1.10 bits per heavy atom. The van der Waals surface area contributed by atoms with Crippen molar-refractivity contribution in [3.8, 4) is 0 Å². The second-order valence-corrected chi connectivity index (χ2v) is 5.20. The van der Waals surface area contributed by atoms with Gasteiger partial charge in [-0.05, 0) is 48.6 Å². The lowest BCUT2D eigenvalue weighted by Gasteiger charge is -2.11. The maximum Gasteiger partial charge on any atom is 0.255 e. The summed E-state index contributed by atoms with van der Waals surface area (Å²) in [6.45, 7) is 6.33. The van der Waals surface area contributed by atoms with Crippen LogP contribution in [-0.4, -0.2) is 5.91 Å². The van der Waals surface area contributed by atoms with Crippen LogP contribution in [0.1, 0.15) is 47.7 Å². The molecule has 1 N–H and O–H groups in total. The van der Waals surface area contributed by atoms with E-state index in [0.29, 0.717) is 5.92 Å². The molecule has 0 aliphatic carbocycles. The molecule has 1 atom stereocenters. The van der Waals surface area contributed by atoms with E-state index in [0.717, 1.165) is 23.2 Å². The summed E-state index contributed by atoms with van der Waals surface area (Å²) in [6, 6.07) is 15.7. The molecule has 2 aromatic carbocycles. The van der Waals surface area contributed by atoms with Gasteiger partial charge in [-0.15, -0.1) is 0 Å². The molecule has 0 saturated heterocycles. The van der Waals surface area contributed by atoms with Gasteiger partial charge in [0.1, 0.15) is 0 Å². The number of amides is 1. The summed E-state index contributed by atoms with van der Waals surface area (Å²) in [6.07, 6.45) is 1.12. The number of carbonyl (C=O) groups excluding carboxylic acids is 1. The van der Waals surface area contributed by atoms with Gasteiger partial charge in [-0.3, -0.25) is 4.79 Å². The van der Waals surface area contributed by atoms with E-state index in [9.17, 15) is 4.79 Å². The molecule has 20 heavy (non-hydrogen) atoms. The molecule has 0 saturated carbocycles. The van der Waals surface area contributed by atoms with E-state index in [1.807, 2.05) is 43.3 Å². The van der Waals surface area contributed by atoms with Gasteiger partial charge in [0.25, 0.3) is 5.91 Å². The van der Waals surface area contributed by atoms with Crippen molar-refractivity contribution in [1.82, 2.24) is 0 Å². The summed E-state index contributed by atoms with van der Waals surface area (Å²) in [5.74, 6) is 0.496. The number of hydrogen-bond donors (Lipinski definition) is 1. The minimum Gasteiger partial charge on any atom is -0.322 e. The first-order chi connectivity index (χ1) is 9.61. The van der Waals surface area contributed by atoms with Gasteiger partial charge in [0.2, 0.25) is 0 Å². The van der Waals surface area contributed by atoms with Gasteiger partial charge in [0, 0.05) is 11.3 Å². The standard InChI is InChI=1S/C18H21NO/c1-4-13(2)15-9-11-16(12-10-15)19-18(20)17-8-6-5-7-14(17)3/h5-13H,4H2,1-3H3,(H,19,20)/t13-/m0/s1. The van der Waals surface area contributed by atoms with Crippen LogP contribution in [-0.2, 0) is 0 Å². The summed E-state index contributed by atoms with van der Waals surface area (Å²) >= 11 is 0. The van der Waals surface area contributed by atoms with Gasteiger partial charge in [-0.1, -0.05) is 44.2 Å². The summed E-state index contributed by atoms with van der Waals surface area (Å²) in [5.41, 5.74) is 3.85. The first-order valence-corrected chi connectivity index (χ1v) is 7.08. The molecule has 2 rings (SSSR count). The Balaban J connectivity index is 2.11. The number of hydrogen-bond acceptors (Lipinski definition) is 1. The van der Waals surface area contributed by atoms with Gasteiger partial charge in [0.05, 0.1) is 0 Å². The molecule has 104 valence electrons. The number of carbonyl (C=O) groups is 1. The molecule has 2 heteroatoms. The second kappa shape index (κ2) is 6.38. The van der Waals surface area contributed by atoms with Crippen LogP contribution >= 0.6 is 0 Å². The largest absolute Gasteiger partial charge is 0.322 e. The molecule has 0 aliphatic heterocycles. The van der Waals surface area contributed by atoms with Gasteiger partial charge in [-0.25, -0.2) is 0 Å². The molecule has 2 aromatic rings. The average Bonchev–Trinajstić information content (AvgIpc) is 2.47. The fourth-order valence-corrected chi connectivity index (χ4v) is 2.16. The minimum absolute atomic E-state index is 0.0561. The molecule has 0 radical (unpaired) electrons. The lowest BCUT2D eigenvalue weighted by atomic mass is 9.98. The third-order valence-electron chi connectivity index (χ3n) is 3.74. The Kier molecular flexibility index (Phi) is 4.57. The number of rotatable bonds is 4. The number of benzene rings is 2. The Bertz CT molecular complexity index is 587. The van der Waals surface area contributed by atoms with E-state index in [1.54, 1.807) is 0 Å². The van der Waals surface area contributed by atoms with Crippen molar-refractivity contribution in [3.05, 3.63) is 65.2 Å². The molecule has 1 amide bonds. The quantitative estimate of drug-likeness (QED) is 0.850. The van der Waals surface area contributed by atoms with Crippen LogP contribution in [0.2, 0.25) is 0 Å². The second-order valence-electron chi connectivity index (χ2n) is 5.20. The number of anilines is 1. The highest BCUT2D eigenvalue weighted by Gasteiger charge is 2.09. The van der Waals surface area contributed by atoms with Crippen molar-refractivity contribution in [1.29, 1.82) is 0 Å². The highest BCUT2D eigenvalue weighted by Crippen LogP contribution is 2.21. The predicted octanol–water partition coefficient (Wildman–Crippen LogP) is 4.76. The molecule has 2 nitrogen and oxygen atoms in total. The molecule has 0 fully saturated rings. The Morgan fingerprint density at radius 2 is 1.75 bits per heavy atom. The van der Waals surface area contributed by atoms with Gasteiger partial charge >= 0.3 is 0 Å². The zero-order valence-corrected chi connectivity index (χ0v) is 12.3. The topological polar surface area (TPSA) is 29.1 Å². The van der Waals surface area contributed by atoms with Crippen molar-refractivity contribution < 1.29 is 4.79 Å². The van der Waals surface area contributed by atoms with Crippen LogP contribution in [0.15, 0.2) is 48.5 Å². The molecular formula is C18H21NO. The smallest absolute Gasteiger partial charge is 0.255 e. The van der Waals surface area contributed by atoms with Crippen LogP contribution in [0.4, 0.5) is 5.69 Å². The summed E-state index contributed by atoms with van der Waals surface area (Å²) in [4.78, 5) is 12.2. The van der Waals surface area contributed by atoms with Crippen LogP contribution in [0.3, 0.4) is 0 Å². The molecule has 0 heterocycles. The van der Waals surface area contributed by atoms with Gasteiger partial charge in [-0.2, -0.15) is 0 Å². The molecular weight excluding hydrogens is 246 g/mol. The Morgan fingerprint density at radius 3 is 2.35 bits per heavy atom. The van der Waals surface area contributed by atoms with Crippen molar-refractivity contribution >= 4 is 11.6 Å². The summed E-state index contributed by atoms with van der Waals surface area (Å²) < 4.78 is 0. The van der Waals surface area contributed by atoms with E-state index in [-0.39, 0.29) is 5.91 Å². The molecule has 0 spiro atoms. The maximum absolute atomic E-state index is 12.2. The number of aryl methyl sites for hydroxylation is 1. The van der Waals surface area contributed by atoms with E-state index < -0.39 is 0 Å². The zero-order valence-electron chi connectivity index (χ0n) is 12.3. The Labute approximate surface area is 120 Å².